The summed E-state index contributed by atoms with van der Waals surface area (Å²) in [5.74, 6) is 0.483. The number of carbonyl (C=O) groups excluding carboxylic acids is 1. The van der Waals surface area contributed by atoms with Crippen molar-refractivity contribution in [1.82, 2.24) is 4.90 Å². The summed E-state index contributed by atoms with van der Waals surface area (Å²) in [4.78, 5) is 14.5. The van der Waals surface area contributed by atoms with Crippen LogP contribution in [0.1, 0.15) is 23.1 Å². The van der Waals surface area contributed by atoms with Gasteiger partial charge in [-0.2, -0.15) is 0 Å². The number of halogens is 1. The molecule has 150 valence electrons. The first-order valence-corrected chi connectivity index (χ1v) is 11.4. The standard InChI is InChI=1S/C21H24ClNO4S/c1-15-6-7-20(10-16(15)2)27-13-21(24)23(19-8-9-28(25,26)14-19)12-17-4-3-5-18(22)11-17/h3-7,10-11,19H,8-9,12-14H2,1-2H3/t19-/m1/s1. The highest BCUT2D eigenvalue weighted by Gasteiger charge is 2.34. The van der Waals surface area contributed by atoms with Crippen LogP contribution in [0.5, 0.6) is 5.75 Å². The minimum absolute atomic E-state index is 0.0110. The number of ether oxygens (including phenoxy) is 1. The number of hydrogen-bond donors (Lipinski definition) is 0. The smallest absolute Gasteiger partial charge is 0.261 e. The summed E-state index contributed by atoms with van der Waals surface area (Å²) in [7, 11) is -3.11. The van der Waals surface area contributed by atoms with Crippen molar-refractivity contribution in [2.75, 3.05) is 18.1 Å². The number of amides is 1. The number of sulfone groups is 1. The highest BCUT2D eigenvalue weighted by molar-refractivity contribution is 7.91. The molecule has 1 aliphatic rings. The highest BCUT2D eigenvalue weighted by Crippen LogP contribution is 2.22. The topological polar surface area (TPSA) is 63.7 Å². The van der Waals surface area contributed by atoms with E-state index in [1.165, 1.54) is 0 Å². The zero-order chi connectivity index (χ0) is 20.3. The summed E-state index contributed by atoms with van der Waals surface area (Å²) in [5.41, 5.74) is 3.09. The van der Waals surface area contributed by atoms with Crippen LogP contribution in [0.3, 0.4) is 0 Å². The van der Waals surface area contributed by atoms with Crippen LogP contribution in [-0.2, 0) is 21.2 Å². The summed E-state index contributed by atoms with van der Waals surface area (Å²) in [6, 6.07) is 12.6. The fraction of sp³-hybridized carbons (Fsp3) is 0.381. The first-order valence-electron chi connectivity index (χ1n) is 9.18. The van der Waals surface area contributed by atoms with Crippen LogP contribution in [0.4, 0.5) is 0 Å². The van der Waals surface area contributed by atoms with E-state index in [-0.39, 0.29) is 30.1 Å². The number of hydrogen-bond acceptors (Lipinski definition) is 4. The normalized spacial score (nSPS) is 18.0. The fourth-order valence-corrected chi connectivity index (χ4v) is 5.25. The Bertz CT molecular complexity index is 974. The van der Waals surface area contributed by atoms with Crippen molar-refractivity contribution in [2.45, 2.75) is 32.9 Å². The SMILES string of the molecule is Cc1ccc(OCC(=O)N(Cc2cccc(Cl)c2)[C@@H]2CCS(=O)(=O)C2)cc1C. The third-order valence-corrected chi connectivity index (χ3v) is 7.04. The number of rotatable bonds is 6. The van der Waals surface area contributed by atoms with Gasteiger partial charge in [0.2, 0.25) is 0 Å². The number of nitrogens with zero attached hydrogens (tertiary/aromatic N) is 1. The van der Waals surface area contributed by atoms with Gasteiger partial charge < -0.3 is 9.64 Å². The van der Waals surface area contributed by atoms with E-state index in [4.69, 9.17) is 16.3 Å². The summed E-state index contributed by atoms with van der Waals surface area (Å²) < 4.78 is 29.6. The Hall–Kier alpha value is -2.05. The minimum atomic E-state index is -3.11. The number of aryl methyl sites for hydroxylation is 2. The van der Waals surface area contributed by atoms with Crippen LogP contribution in [0, 0.1) is 13.8 Å². The molecule has 0 aliphatic carbocycles. The molecule has 28 heavy (non-hydrogen) atoms. The maximum Gasteiger partial charge on any atom is 0.261 e. The molecule has 0 saturated carbocycles. The molecule has 1 atom stereocenters. The molecule has 1 fully saturated rings. The van der Waals surface area contributed by atoms with E-state index in [9.17, 15) is 13.2 Å². The van der Waals surface area contributed by atoms with Crippen LogP contribution in [0.2, 0.25) is 5.02 Å². The van der Waals surface area contributed by atoms with Crippen molar-refractivity contribution in [3.05, 3.63) is 64.2 Å². The number of benzene rings is 2. The van der Waals surface area contributed by atoms with E-state index in [1.54, 1.807) is 17.0 Å². The zero-order valence-electron chi connectivity index (χ0n) is 16.0. The monoisotopic (exact) mass is 421 g/mol. The summed E-state index contributed by atoms with van der Waals surface area (Å²) in [6.45, 7) is 4.16. The maximum absolute atomic E-state index is 12.9. The molecule has 5 nitrogen and oxygen atoms in total. The first kappa shape index (κ1) is 20.7. The molecular formula is C21H24ClNO4S. The lowest BCUT2D eigenvalue weighted by atomic mass is 10.1. The van der Waals surface area contributed by atoms with Gasteiger partial charge in [0.25, 0.3) is 5.91 Å². The van der Waals surface area contributed by atoms with Crippen molar-refractivity contribution in [3.8, 4) is 5.75 Å². The molecule has 2 aromatic carbocycles. The van der Waals surface area contributed by atoms with Crippen molar-refractivity contribution < 1.29 is 17.9 Å². The predicted molar refractivity (Wildman–Crippen MR) is 110 cm³/mol. The Labute approximate surface area is 171 Å². The predicted octanol–water partition coefficient (Wildman–Crippen LogP) is 3.55. The third kappa shape index (κ3) is 5.26. The Morgan fingerprint density at radius 1 is 1.18 bits per heavy atom. The second kappa shape index (κ2) is 8.53. The van der Waals surface area contributed by atoms with Crippen LogP contribution in [0.15, 0.2) is 42.5 Å². The summed E-state index contributed by atoms with van der Waals surface area (Å²) in [6.07, 6.45) is 0.443. The van der Waals surface area contributed by atoms with Crippen LogP contribution in [-0.4, -0.2) is 43.4 Å². The molecule has 1 heterocycles. The average Bonchev–Trinajstić information content (AvgIpc) is 3.00. The van der Waals surface area contributed by atoms with Gasteiger partial charge in [0.15, 0.2) is 16.4 Å². The van der Waals surface area contributed by atoms with E-state index in [0.29, 0.717) is 23.7 Å². The largest absolute Gasteiger partial charge is 0.484 e. The van der Waals surface area contributed by atoms with Crippen molar-refractivity contribution in [2.24, 2.45) is 0 Å². The minimum Gasteiger partial charge on any atom is -0.484 e. The second-order valence-corrected chi connectivity index (χ2v) is 9.91. The molecule has 0 N–H and O–H groups in total. The second-order valence-electron chi connectivity index (χ2n) is 7.24. The molecule has 0 aromatic heterocycles. The van der Waals surface area contributed by atoms with Gasteiger partial charge in [0.05, 0.1) is 11.5 Å². The summed E-state index contributed by atoms with van der Waals surface area (Å²) in [5, 5.41) is 0.579. The highest BCUT2D eigenvalue weighted by atomic mass is 35.5. The van der Waals surface area contributed by atoms with Crippen molar-refractivity contribution in [3.63, 3.8) is 0 Å². The Morgan fingerprint density at radius 3 is 2.61 bits per heavy atom. The molecule has 0 unspecified atom stereocenters. The lowest BCUT2D eigenvalue weighted by Gasteiger charge is -2.28. The first-order chi connectivity index (χ1) is 13.2. The molecular weight excluding hydrogens is 398 g/mol. The van der Waals surface area contributed by atoms with Gasteiger partial charge in [-0.25, -0.2) is 8.42 Å². The number of carbonyl (C=O) groups is 1. The molecule has 7 heteroatoms. The summed E-state index contributed by atoms with van der Waals surface area (Å²) >= 11 is 6.06. The molecule has 0 bridgehead atoms. The average molecular weight is 422 g/mol. The van der Waals surface area contributed by atoms with Gasteiger partial charge in [-0.3, -0.25) is 4.79 Å². The van der Waals surface area contributed by atoms with Crippen molar-refractivity contribution >= 4 is 27.3 Å². The van der Waals surface area contributed by atoms with Gasteiger partial charge in [0, 0.05) is 17.6 Å². The Balaban J connectivity index is 1.75. The van der Waals surface area contributed by atoms with Gasteiger partial charge >= 0.3 is 0 Å². The molecule has 0 spiro atoms. The molecule has 1 saturated heterocycles. The Morgan fingerprint density at radius 2 is 1.96 bits per heavy atom. The zero-order valence-corrected chi connectivity index (χ0v) is 17.6. The molecule has 1 amide bonds. The quantitative estimate of drug-likeness (QED) is 0.715. The van der Waals surface area contributed by atoms with Gasteiger partial charge in [0.1, 0.15) is 5.75 Å². The molecule has 2 aromatic rings. The lowest BCUT2D eigenvalue weighted by molar-refractivity contribution is -0.136. The molecule has 1 aliphatic heterocycles. The maximum atomic E-state index is 12.9. The van der Waals surface area contributed by atoms with Crippen molar-refractivity contribution in [1.29, 1.82) is 0 Å². The van der Waals surface area contributed by atoms with Gasteiger partial charge in [-0.05, 0) is 61.2 Å². The Kier molecular flexibility index (Phi) is 6.30. The van der Waals surface area contributed by atoms with E-state index < -0.39 is 9.84 Å². The fourth-order valence-electron chi connectivity index (χ4n) is 3.31. The van der Waals surface area contributed by atoms with E-state index >= 15 is 0 Å². The van der Waals surface area contributed by atoms with Crippen LogP contribution < -0.4 is 4.74 Å². The third-order valence-electron chi connectivity index (χ3n) is 5.05. The van der Waals surface area contributed by atoms with E-state index in [1.807, 2.05) is 44.2 Å². The van der Waals surface area contributed by atoms with Gasteiger partial charge in [-0.15, -0.1) is 0 Å². The van der Waals surface area contributed by atoms with E-state index in [0.717, 1.165) is 16.7 Å². The lowest BCUT2D eigenvalue weighted by Crippen LogP contribution is -2.43. The molecule has 3 rings (SSSR count). The van der Waals surface area contributed by atoms with E-state index in [2.05, 4.69) is 0 Å². The van der Waals surface area contributed by atoms with Crippen LogP contribution in [0.25, 0.3) is 0 Å². The molecule has 0 radical (unpaired) electrons. The van der Waals surface area contributed by atoms with Gasteiger partial charge in [-0.1, -0.05) is 29.8 Å². The van der Waals surface area contributed by atoms with Crippen LogP contribution >= 0.6 is 11.6 Å².